The van der Waals surface area contributed by atoms with Crippen molar-refractivity contribution in [2.45, 2.75) is 84.8 Å². The lowest BCUT2D eigenvalue weighted by molar-refractivity contribution is -0.132. The van der Waals surface area contributed by atoms with Crippen molar-refractivity contribution in [2.24, 2.45) is 0 Å². The molecule has 0 bridgehead atoms. The second-order valence-corrected chi connectivity index (χ2v) is 18.3. The van der Waals surface area contributed by atoms with Crippen LogP contribution in [0.3, 0.4) is 0 Å². The lowest BCUT2D eigenvalue weighted by atomic mass is 10.0. The van der Waals surface area contributed by atoms with Crippen molar-refractivity contribution in [1.29, 1.82) is 5.26 Å². The number of rotatable bonds is 23. The van der Waals surface area contributed by atoms with Crippen molar-refractivity contribution >= 4 is 52.6 Å². The summed E-state index contributed by atoms with van der Waals surface area (Å²) in [5.41, 5.74) is 7.56. The molecule has 0 heterocycles. The number of aliphatic carboxylic acids is 1. The van der Waals surface area contributed by atoms with E-state index in [1.165, 1.54) is 44.6 Å². The van der Waals surface area contributed by atoms with Gasteiger partial charge >= 0.3 is 5.97 Å². The van der Waals surface area contributed by atoms with Gasteiger partial charge < -0.3 is 19.5 Å². The lowest BCUT2D eigenvalue weighted by Crippen LogP contribution is -2.09. The fourth-order valence-corrected chi connectivity index (χ4v) is 9.23. The van der Waals surface area contributed by atoms with Gasteiger partial charge in [-0.1, -0.05) is 137 Å². The highest BCUT2D eigenvalue weighted by Gasteiger charge is 2.15. The zero-order chi connectivity index (χ0) is 45.9. The summed E-state index contributed by atoms with van der Waals surface area (Å²) in [4.78, 5) is 18.4. The number of unbranched alkanes of at least 4 members (excludes halogenated alkanes) is 6. The van der Waals surface area contributed by atoms with Gasteiger partial charge in [0.25, 0.3) is 0 Å². The first-order chi connectivity index (χ1) is 32.4. The third-order valence-electron chi connectivity index (χ3n) is 11.1. The summed E-state index contributed by atoms with van der Waals surface area (Å²) in [5, 5.41) is 18.8. The van der Waals surface area contributed by atoms with E-state index < -0.39 is 5.97 Å². The number of ether oxygens (including phenoxy) is 2. The Kier molecular flexibility index (Phi) is 17.6. The average Bonchev–Trinajstić information content (AvgIpc) is 3.35. The number of nitrogens with zero attached hydrogens (tertiary/aromatic N) is 2. The Bertz CT molecular complexity index is 2550. The van der Waals surface area contributed by atoms with Crippen LogP contribution in [0.4, 0.5) is 17.1 Å². The van der Waals surface area contributed by atoms with E-state index in [2.05, 4.69) is 164 Å². The Hall–Kier alpha value is -6.66. The van der Waals surface area contributed by atoms with Gasteiger partial charge in [-0.15, -0.1) is 0 Å². The number of hydrogen-bond acceptors (Lipinski definition) is 7. The summed E-state index contributed by atoms with van der Waals surface area (Å²) in [5.74, 6) is 0.563. The molecule has 0 aliphatic rings. The quantitative estimate of drug-likeness (QED) is 0.0386. The van der Waals surface area contributed by atoms with Crippen LogP contribution in [0.2, 0.25) is 0 Å². The highest BCUT2D eigenvalue weighted by Crippen LogP contribution is 2.39. The van der Waals surface area contributed by atoms with E-state index in [9.17, 15) is 15.2 Å². The minimum atomic E-state index is -1.25. The van der Waals surface area contributed by atoms with E-state index >= 15 is 0 Å². The molecule has 0 saturated heterocycles. The van der Waals surface area contributed by atoms with Crippen molar-refractivity contribution in [2.75, 3.05) is 18.1 Å². The topological polar surface area (TPSA) is 82.8 Å². The van der Waals surface area contributed by atoms with E-state index in [1.807, 2.05) is 24.3 Å². The van der Waals surface area contributed by atoms with Gasteiger partial charge in [-0.2, -0.15) is 5.26 Å². The number of nitriles is 1. The fourth-order valence-electron chi connectivity index (χ4n) is 7.48. The Labute approximate surface area is 399 Å². The SMILES string of the molecule is CCCCCCOc1ccc(Sc2cccc(-c3ccc(N(c4ccc(C=C(C#N)C(=O)O)cc4)c4ccc(-c5cccc(Sc6ccc(OCCCCCC)cc6)c5)cc4)cc3)c2)cc1. The molecule has 0 aliphatic carbocycles. The van der Waals surface area contributed by atoms with Crippen LogP contribution in [0.15, 0.2) is 195 Å². The highest BCUT2D eigenvalue weighted by molar-refractivity contribution is 7.99. The van der Waals surface area contributed by atoms with E-state index in [-0.39, 0.29) is 5.57 Å². The summed E-state index contributed by atoms with van der Waals surface area (Å²) in [7, 11) is 0. The normalized spacial score (nSPS) is 11.2. The van der Waals surface area contributed by atoms with Crippen molar-refractivity contribution < 1.29 is 19.4 Å². The summed E-state index contributed by atoms with van der Waals surface area (Å²) < 4.78 is 11.9. The Morgan fingerprint density at radius 3 is 1.35 bits per heavy atom. The zero-order valence-electron chi connectivity index (χ0n) is 37.7. The Morgan fingerprint density at radius 2 is 0.955 bits per heavy atom. The molecular weight excluding hydrogens is 853 g/mol. The standard InChI is InChI=1S/C58H56N2O4S2/c1-3-5-7-9-37-63-52-29-33-54(34-30-52)65-56-15-11-13-46(40-56)44-19-25-50(26-20-44)60(49-23-17-43(18-24-49)39-48(42-59)58(61)62)51-27-21-45(22-28-51)47-14-12-16-57(41-47)66-55-35-31-53(32-36-55)64-38-10-8-6-4-2/h11-36,39-41H,3-10,37-38H2,1-2H3,(H,61,62). The molecule has 0 radical (unpaired) electrons. The van der Waals surface area contributed by atoms with Gasteiger partial charge in [-0.05, 0) is 156 Å². The molecule has 8 heteroatoms. The number of carbonyl (C=O) groups is 1. The van der Waals surface area contributed by atoms with Gasteiger partial charge in [0.05, 0.1) is 13.2 Å². The van der Waals surface area contributed by atoms with Gasteiger partial charge in [0.2, 0.25) is 0 Å². The molecule has 0 saturated carbocycles. The first-order valence-corrected chi connectivity index (χ1v) is 24.5. The fraction of sp³-hybridized carbons (Fsp3) is 0.207. The van der Waals surface area contributed by atoms with E-state index in [4.69, 9.17) is 9.47 Å². The third kappa shape index (κ3) is 13.7. The number of anilines is 3. The molecule has 0 atom stereocenters. The van der Waals surface area contributed by atoms with Crippen molar-refractivity contribution in [1.82, 2.24) is 0 Å². The summed E-state index contributed by atoms with van der Waals surface area (Å²) >= 11 is 3.46. The second kappa shape index (κ2) is 24.6. The van der Waals surface area contributed by atoms with Crippen molar-refractivity contribution in [3.63, 3.8) is 0 Å². The molecule has 0 spiro atoms. The predicted octanol–water partition coefficient (Wildman–Crippen LogP) is 16.7. The van der Waals surface area contributed by atoms with Gasteiger partial charge in [0.15, 0.2) is 0 Å². The van der Waals surface area contributed by atoms with Gasteiger partial charge in [-0.3, -0.25) is 0 Å². The first-order valence-electron chi connectivity index (χ1n) is 22.9. The molecule has 1 N–H and O–H groups in total. The molecule has 0 fully saturated rings. The largest absolute Gasteiger partial charge is 0.494 e. The van der Waals surface area contributed by atoms with Crippen LogP contribution in [0.1, 0.15) is 70.8 Å². The molecule has 0 aromatic heterocycles. The molecule has 66 heavy (non-hydrogen) atoms. The maximum absolute atomic E-state index is 11.6. The summed E-state index contributed by atoms with van der Waals surface area (Å²) in [6, 6.07) is 60.4. The van der Waals surface area contributed by atoms with Gasteiger partial charge in [0.1, 0.15) is 23.1 Å². The maximum Gasteiger partial charge on any atom is 0.346 e. The predicted molar refractivity (Wildman–Crippen MR) is 274 cm³/mol. The van der Waals surface area contributed by atoms with Crippen LogP contribution in [0.5, 0.6) is 11.5 Å². The molecule has 7 rings (SSSR count). The van der Waals surface area contributed by atoms with E-state index in [1.54, 1.807) is 29.6 Å². The number of carboxylic acids is 1. The maximum atomic E-state index is 11.6. The third-order valence-corrected chi connectivity index (χ3v) is 13.0. The number of benzene rings is 7. The number of carboxylic acid groups (broad SMARTS) is 1. The Morgan fingerprint density at radius 1 is 0.530 bits per heavy atom. The molecule has 7 aromatic rings. The minimum absolute atomic E-state index is 0.317. The van der Waals surface area contributed by atoms with E-state index in [0.717, 1.165) is 96.5 Å². The molecule has 0 unspecified atom stereocenters. The lowest BCUT2D eigenvalue weighted by Gasteiger charge is -2.26. The van der Waals surface area contributed by atoms with E-state index in [0.29, 0.717) is 5.56 Å². The van der Waals surface area contributed by atoms with Crippen LogP contribution >= 0.6 is 23.5 Å². The monoisotopic (exact) mass is 908 g/mol. The summed E-state index contributed by atoms with van der Waals surface area (Å²) in [6.45, 7) is 5.94. The van der Waals surface area contributed by atoms with Crippen molar-refractivity contribution in [3.05, 3.63) is 181 Å². The smallest absolute Gasteiger partial charge is 0.346 e. The van der Waals surface area contributed by atoms with Crippen LogP contribution in [0, 0.1) is 11.3 Å². The number of hydrogen-bond donors (Lipinski definition) is 1. The molecule has 7 aromatic carbocycles. The van der Waals surface area contributed by atoms with Gasteiger partial charge in [-0.25, -0.2) is 4.79 Å². The van der Waals surface area contributed by atoms with Crippen LogP contribution in [-0.4, -0.2) is 24.3 Å². The van der Waals surface area contributed by atoms with Crippen molar-refractivity contribution in [3.8, 4) is 39.8 Å². The zero-order valence-corrected chi connectivity index (χ0v) is 39.3. The molecule has 6 nitrogen and oxygen atoms in total. The minimum Gasteiger partial charge on any atom is -0.494 e. The van der Waals surface area contributed by atoms with Crippen LogP contribution < -0.4 is 14.4 Å². The van der Waals surface area contributed by atoms with Gasteiger partial charge in [0, 0.05) is 36.6 Å². The van der Waals surface area contributed by atoms with Crippen LogP contribution in [-0.2, 0) is 4.79 Å². The molecule has 334 valence electrons. The molecule has 0 amide bonds. The van der Waals surface area contributed by atoms with Crippen LogP contribution in [0.25, 0.3) is 28.3 Å². The Balaban J connectivity index is 1.08. The second-order valence-electron chi connectivity index (χ2n) is 16.0. The highest BCUT2D eigenvalue weighted by atomic mass is 32.2. The average molecular weight is 909 g/mol. The molecular formula is C58H56N2O4S2. The molecule has 0 aliphatic heterocycles. The summed E-state index contributed by atoms with van der Waals surface area (Å²) in [6.07, 6.45) is 10.9. The first kappa shape index (κ1) is 47.3.